The molecule has 0 aromatic heterocycles. The molecule has 0 aliphatic heterocycles. The number of hydrogen-bond acceptors (Lipinski definition) is 2. The molecule has 0 rings (SSSR count). The molecule has 0 saturated carbocycles. The first-order chi connectivity index (χ1) is 13.4. The lowest BCUT2D eigenvalue weighted by molar-refractivity contribution is -0.931. The average molecular weight is 397 g/mol. The number of quaternary nitrogens is 1. The molecule has 0 spiro atoms. The number of unbranched alkanes of at least 4 members (excludes halogenated alkanes) is 9. The Kier molecular flexibility index (Phi) is 16.6. The second-order valence-corrected chi connectivity index (χ2v) is 8.87. The number of esters is 1. The highest BCUT2D eigenvalue weighted by Gasteiger charge is 2.30. The van der Waals surface area contributed by atoms with Gasteiger partial charge in [-0.15, -0.1) is 0 Å². The molecule has 166 valence electrons. The number of hydrogen-bond donors (Lipinski definition) is 0. The zero-order valence-electron chi connectivity index (χ0n) is 19.9. The van der Waals surface area contributed by atoms with Gasteiger partial charge in [-0.25, -0.2) is 4.79 Å². The van der Waals surface area contributed by atoms with E-state index in [-0.39, 0.29) is 12.1 Å². The van der Waals surface area contributed by atoms with Crippen molar-refractivity contribution in [1.29, 1.82) is 0 Å². The summed E-state index contributed by atoms with van der Waals surface area (Å²) in [6.07, 6.45) is 15.6. The molecule has 0 heterocycles. The highest BCUT2D eigenvalue weighted by molar-refractivity contribution is 5.87. The number of carbonyl (C=O) groups is 1. The van der Waals surface area contributed by atoms with Gasteiger partial charge < -0.3 is 9.22 Å². The molecule has 0 aliphatic carbocycles. The molecule has 0 N–H and O–H groups in total. The van der Waals surface area contributed by atoms with Crippen molar-refractivity contribution in [2.24, 2.45) is 0 Å². The highest BCUT2D eigenvalue weighted by atomic mass is 16.5. The molecule has 1 atom stereocenters. The van der Waals surface area contributed by atoms with E-state index in [1.807, 2.05) is 0 Å². The third kappa shape index (κ3) is 13.4. The van der Waals surface area contributed by atoms with Crippen LogP contribution in [0.4, 0.5) is 0 Å². The molecule has 0 bridgehead atoms. The first-order valence-electron chi connectivity index (χ1n) is 12.1. The Morgan fingerprint density at radius 1 is 0.786 bits per heavy atom. The van der Waals surface area contributed by atoms with E-state index < -0.39 is 0 Å². The summed E-state index contributed by atoms with van der Waals surface area (Å²) in [6.45, 7) is 19.0. The molecular formula is C25H50NO2+. The summed E-state index contributed by atoms with van der Waals surface area (Å²) in [4.78, 5) is 12.0. The van der Waals surface area contributed by atoms with Gasteiger partial charge in [-0.1, -0.05) is 65.9 Å². The van der Waals surface area contributed by atoms with Crippen molar-refractivity contribution in [3.05, 3.63) is 12.2 Å². The van der Waals surface area contributed by atoms with Crippen molar-refractivity contribution in [3.63, 3.8) is 0 Å². The van der Waals surface area contributed by atoms with Gasteiger partial charge in [0.1, 0.15) is 12.6 Å². The summed E-state index contributed by atoms with van der Waals surface area (Å²) >= 11 is 0. The largest absolute Gasteiger partial charge is 0.453 e. The van der Waals surface area contributed by atoms with Crippen molar-refractivity contribution < 1.29 is 14.0 Å². The average Bonchev–Trinajstić information content (AvgIpc) is 2.65. The van der Waals surface area contributed by atoms with E-state index in [9.17, 15) is 4.79 Å². The van der Waals surface area contributed by atoms with Crippen LogP contribution in [0.15, 0.2) is 12.2 Å². The van der Waals surface area contributed by atoms with Gasteiger partial charge in [0.15, 0.2) is 0 Å². The Hall–Kier alpha value is -0.830. The van der Waals surface area contributed by atoms with Gasteiger partial charge in [0.2, 0.25) is 0 Å². The molecule has 0 aromatic carbocycles. The van der Waals surface area contributed by atoms with E-state index in [1.54, 1.807) is 6.92 Å². The zero-order valence-corrected chi connectivity index (χ0v) is 19.9. The van der Waals surface area contributed by atoms with E-state index in [0.717, 1.165) is 11.0 Å². The van der Waals surface area contributed by atoms with Crippen LogP contribution in [0.3, 0.4) is 0 Å². The Morgan fingerprint density at radius 3 is 1.50 bits per heavy atom. The number of nitrogens with zero attached hydrogens (tertiary/aromatic N) is 1. The fourth-order valence-corrected chi connectivity index (χ4v) is 4.10. The van der Waals surface area contributed by atoms with Gasteiger partial charge in [0.25, 0.3) is 0 Å². The van der Waals surface area contributed by atoms with Crippen molar-refractivity contribution in [2.75, 3.05) is 26.2 Å². The molecular weight excluding hydrogens is 346 g/mol. The minimum Gasteiger partial charge on any atom is -0.453 e. The second kappa shape index (κ2) is 17.1. The first-order valence-corrected chi connectivity index (χ1v) is 12.1. The molecule has 3 heteroatoms. The highest BCUT2D eigenvalue weighted by Crippen LogP contribution is 2.19. The first kappa shape index (κ1) is 27.2. The predicted molar refractivity (Wildman–Crippen MR) is 123 cm³/mol. The van der Waals surface area contributed by atoms with Crippen molar-refractivity contribution >= 4 is 5.97 Å². The molecule has 0 aromatic rings. The van der Waals surface area contributed by atoms with Gasteiger partial charge in [-0.05, 0) is 52.4 Å². The van der Waals surface area contributed by atoms with E-state index in [0.29, 0.717) is 5.57 Å². The third-order valence-electron chi connectivity index (χ3n) is 5.76. The van der Waals surface area contributed by atoms with Crippen molar-refractivity contribution in [3.8, 4) is 0 Å². The SMILES string of the molecule is C=C(C)C(=O)OC(C)C[N+](CCCCCC)(CCCCCC)CCCCCC. The van der Waals surface area contributed by atoms with Crippen molar-refractivity contribution in [1.82, 2.24) is 0 Å². The van der Waals surface area contributed by atoms with Crippen LogP contribution in [0, 0.1) is 0 Å². The molecule has 28 heavy (non-hydrogen) atoms. The fourth-order valence-electron chi connectivity index (χ4n) is 4.10. The Labute approximate surface area is 176 Å². The minimum atomic E-state index is -0.242. The van der Waals surface area contributed by atoms with Crippen molar-refractivity contribution in [2.45, 2.75) is 118 Å². The lowest BCUT2D eigenvalue weighted by atomic mass is 10.1. The topological polar surface area (TPSA) is 26.3 Å². The van der Waals surface area contributed by atoms with Crippen LogP contribution in [-0.4, -0.2) is 42.7 Å². The summed E-state index contributed by atoms with van der Waals surface area (Å²) in [5.41, 5.74) is 0.499. The molecule has 0 saturated heterocycles. The minimum absolute atomic E-state index is 0.0484. The number of carbonyl (C=O) groups excluding carboxylic acids is 1. The second-order valence-electron chi connectivity index (χ2n) is 8.87. The fraction of sp³-hybridized carbons (Fsp3) is 0.880. The third-order valence-corrected chi connectivity index (χ3v) is 5.76. The van der Waals surface area contributed by atoms with Crippen LogP contribution in [0.2, 0.25) is 0 Å². The Balaban J connectivity index is 5.08. The van der Waals surface area contributed by atoms with Crippen LogP contribution >= 0.6 is 0 Å². The summed E-state index contributed by atoms with van der Waals surface area (Å²) in [6, 6.07) is 0. The smallest absolute Gasteiger partial charge is 0.333 e. The Bertz CT molecular complexity index is 374. The Morgan fingerprint density at radius 2 is 1.18 bits per heavy atom. The van der Waals surface area contributed by atoms with Gasteiger partial charge in [-0.3, -0.25) is 0 Å². The van der Waals surface area contributed by atoms with Crippen LogP contribution in [0.5, 0.6) is 0 Å². The van der Waals surface area contributed by atoms with Crippen LogP contribution in [0.25, 0.3) is 0 Å². The monoisotopic (exact) mass is 396 g/mol. The van der Waals surface area contributed by atoms with E-state index in [2.05, 4.69) is 34.3 Å². The lowest BCUT2D eigenvalue weighted by Gasteiger charge is -2.41. The molecule has 0 amide bonds. The molecule has 0 aliphatic rings. The number of ether oxygens (including phenoxy) is 1. The summed E-state index contributed by atoms with van der Waals surface area (Å²) in [5, 5.41) is 0. The summed E-state index contributed by atoms with van der Waals surface area (Å²) in [7, 11) is 0. The maximum absolute atomic E-state index is 12.0. The zero-order chi connectivity index (χ0) is 21.3. The normalized spacial score (nSPS) is 12.8. The van der Waals surface area contributed by atoms with Gasteiger partial charge >= 0.3 is 5.97 Å². The number of rotatable bonds is 19. The van der Waals surface area contributed by atoms with E-state index in [4.69, 9.17) is 4.74 Å². The van der Waals surface area contributed by atoms with E-state index in [1.165, 1.54) is 96.7 Å². The van der Waals surface area contributed by atoms with Crippen LogP contribution < -0.4 is 0 Å². The molecule has 0 radical (unpaired) electrons. The van der Waals surface area contributed by atoms with Gasteiger partial charge in [-0.2, -0.15) is 0 Å². The van der Waals surface area contributed by atoms with Gasteiger partial charge in [0.05, 0.1) is 19.6 Å². The van der Waals surface area contributed by atoms with Gasteiger partial charge in [0, 0.05) is 5.57 Å². The summed E-state index contributed by atoms with van der Waals surface area (Å²) in [5.74, 6) is -0.242. The molecule has 3 nitrogen and oxygen atoms in total. The standard InChI is InChI=1S/C25H50NO2/c1-7-10-13-16-19-26(20-17-14-11-8-2,21-18-15-12-9-3)22-24(6)28-25(27)23(4)5/h24H,4,7-22H2,1-3,5-6H3/q+1. The quantitative estimate of drug-likeness (QED) is 0.101. The molecule has 1 unspecified atom stereocenters. The maximum atomic E-state index is 12.0. The molecule has 0 fully saturated rings. The van der Waals surface area contributed by atoms with Crippen LogP contribution in [-0.2, 0) is 9.53 Å². The summed E-state index contributed by atoms with van der Waals surface area (Å²) < 4.78 is 6.82. The maximum Gasteiger partial charge on any atom is 0.333 e. The predicted octanol–water partition coefficient (Wildman–Crippen LogP) is 7.05. The van der Waals surface area contributed by atoms with E-state index >= 15 is 0 Å². The lowest BCUT2D eigenvalue weighted by Crippen LogP contribution is -2.54. The van der Waals surface area contributed by atoms with Crippen LogP contribution in [0.1, 0.15) is 112 Å².